The van der Waals surface area contributed by atoms with E-state index in [1.54, 1.807) is 13.8 Å². The molecule has 1 heterocycles. The highest BCUT2D eigenvalue weighted by Crippen LogP contribution is 2.37. The van der Waals surface area contributed by atoms with Crippen molar-refractivity contribution in [2.45, 2.75) is 13.8 Å². The molecule has 1 amide bonds. The fourth-order valence-electron chi connectivity index (χ4n) is 2.57. The molecule has 23 heavy (non-hydrogen) atoms. The van der Waals surface area contributed by atoms with Crippen LogP contribution in [-0.4, -0.2) is 18.4 Å². The molecule has 0 saturated heterocycles. The third kappa shape index (κ3) is 2.59. The molecule has 0 aliphatic heterocycles. The topological polar surface area (TPSA) is 89.8 Å². The third-order valence-electron chi connectivity index (χ3n) is 3.60. The first-order valence-electron chi connectivity index (χ1n) is 7.28. The molecule has 0 unspecified atom stereocenters. The predicted molar refractivity (Wildman–Crippen MR) is 90.8 cm³/mol. The van der Waals surface area contributed by atoms with E-state index in [-0.39, 0.29) is 6.61 Å². The molecule has 0 spiro atoms. The second-order valence-electron chi connectivity index (χ2n) is 5.03. The number of hydrogen-bond acceptors (Lipinski definition) is 5. The Morgan fingerprint density at radius 1 is 1.30 bits per heavy atom. The van der Waals surface area contributed by atoms with Crippen molar-refractivity contribution in [3.8, 4) is 0 Å². The van der Waals surface area contributed by atoms with Gasteiger partial charge in [-0.15, -0.1) is 0 Å². The number of ether oxygens (including phenoxy) is 1. The molecule has 0 aliphatic carbocycles. The molecule has 0 radical (unpaired) electrons. The maximum Gasteiger partial charge on any atom is 0.411 e. The monoisotopic (exact) mass is 311 g/mol. The largest absolute Gasteiger partial charge is 0.452 e. The summed E-state index contributed by atoms with van der Waals surface area (Å²) in [5, 5.41) is 9.24. The van der Waals surface area contributed by atoms with Crippen LogP contribution in [0.1, 0.15) is 19.6 Å². The van der Waals surface area contributed by atoms with Gasteiger partial charge in [0.1, 0.15) is 17.0 Å². The zero-order valence-corrected chi connectivity index (χ0v) is 12.9. The SMILES string of the molecule is CCOC(=O)Nc1c(/C(C)=N/N)oc2ccc3ccccc3c12. The van der Waals surface area contributed by atoms with Crippen molar-refractivity contribution < 1.29 is 13.9 Å². The molecule has 3 aromatic rings. The lowest BCUT2D eigenvalue weighted by atomic mass is 10.0. The van der Waals surface area contributed by atoms with Crippen molar-refractivity contribution >= 4 is 39.2 Å². The number of nitrogens with one attached hydrogen (secondary N) is 1. The van der Waals surface area contributed by atoms with Crippen LogP contribution in [0.25, 0.3) is 21.7 Å². The van der Waals surface area contributed by atoms with Gasteiger partial charge in [-0.3, -0.25) is 5.32 Å². The summed E-state index contributed by atoms with van der Waals surface area (Å²) in [6.07, 6.45) is -0.547. The molecule has 3 rings (SSSR count). The number of carbonyl (C=O) groups is 1. The Hall–Kier alpha value is -3.02. The number of hydrogen-bond donors (Lipinski definition) is 2. The molecule has 6 nitrogen and oxygen atoms in total. The molecule has 0 saturated carbocycles. The van der Waals surface area contributed by atoms with Crippen molar-refractivity contribution in [2.24, 2.45) is 10.9 Å². The van der Waals surface area contributed by atoms with E-state index in [1.807, 2.05) is 36.4 Å². The average Bonchev–Trinajstić information content (AvgIpc) is 2.93. The fourth-order valence-corrected chi connectivity index (χ4v) is 2.57. The van der Waals surface area contributed by atoms with Gasteiger partial charge in [-0.1, -0.05) is 30.3 Å². The molecule has 0 aliphatic rings. The first-order chi connectivity index (χ1) is 11.2. The number of nitrogens with zero attached hydrogens (tertiary/aromatic N) is 1. The van der Waals surface area contributed by atoms with E-state index in [0.717, 1.165) is 16.2 Å². The van der Waals surface area contributed by atoms with E-state index in [0.29, 0.717) is 22.7 Å². The summed E-state index contributed by atoms with van der Waals surface area (Å²) < 4.78 is 10.8. The molecule has 1 aromatic heterocycles. The van der Waals surface area contributed by atoms with Crippen LogP contribution in [0.4, 0.5) is 10.5 Å². The van der Waals surface area contributed by atoms with Crippen LogP contribution < -0.4 is 11.2 Å². The van der Waals surface area contributed by atoms with Gasteiger partial charge in [-0.25, -0.2) is 4.79 Å². The number of nitrogens with two attached hydrogens (primary N) is 1. The van der Waals surface area contributed by atoms with Crippen molar-refractivity contribution in [3.63, 3.8) is 0 Å². The molecule has 2 aromatic carbocycles. The minimum atomic E-state index is -0.547. The first-order valence-corrected chi connectivity index (χ1v) is 7.28. The summed E-state index contributed by atoms with van der Waals surface area (Å²) in [7, 11) is 0. The van der Waals surface area contributed by atoms with Gasteiger partial charge in [0.25, 0.3) is 0 Å². The van der Waals surface area contributed by atoms with Crippen LogP contribution in [0.5, 0.6) is 0 Å². The third-order valence-corrected chi connectivity index (χ3v) is 3.60. The van der Waals surface area contributed by atoms with Crippen molar-refractivity contribution in [1.82, 2.24) is 0 Å². The lowest BCUT2D eigenvalue weighted by Crippen LogP contribution is -2.15. The van der Waals surface area contributed by atoms with Crippen LogP contribution in [-0.2, 0) is 4.74 Å². The smallest absolute Gasteiger partial charge is 0.411 e. The zero-order chi connectivity index (χ0) is 16.4. The van der Waals surface area contributed by atoms with E-state index in [1.165, 1.54) is 0 Å². The van der Waals surface area contributed by atoms with Gasteiger partial charge in [-0.05, 0) is 30.7 Å². The van der Waals surface area contributed by atoms with Gasteiger partial charge >= 0.3 is 6.09 Å². The van der Waals surface area contributed by atoms with Crippen LogP contribution in [0.15, 0.2) is 45.9 Å². The van der Waals surface area contributed by atoms with E-state index in [4.69, 9.17) is 15.0 Å². The van der Waals surface area contributed by atoms with Crippen molar-refractivity contribution in [1.29, 1.82) is 0 Å². The summed E-state index contributed by atoms with van der Waals surface area (Å²) >= 11 is 0. The molecular formula is C17H17N3O3. The first kappa shape index (κ1) is 14.9. The second-order valence-corrected chi connectivity index (χ2v) is 5.03. The highest BCUT2D eigenvalue weighted by Gasteiger charge is 2.21. The number of benzene rings is 2. The minimum Gasteiger partial charge on any atom is -0.452 e. The minimum absolute atomic E-state index is 0.279. The standard InChI is InChI=1S/C17H17N3O3/c1-3-22-17(21)19-15-14-12-7-5-4-6-11(12)8-9-13(14)23-16(15)10(2)20-18/h4-9H,3,18H2,1-2H3,(H,19,21)/b20-10+. The number of fused-ring (bicyclic) bond motifs is 3. The number of hydrazone groups is 1. The Kier molecular flexibility index (Phi) is 3.89. The molecule has 3 N–H and O–H groups in total. The number of furan rings is 1. The Balaban J connectivity index is 2.30. The lowest BCUT2D eigenvalue weighted by Gasteiger charge is -2.07. The maximum atomic E-state index is 11.9. The maximum absolute atomic E-state index is 11.9. The second kappa shape index (κ2) is 6.00. The van der Waals surface area contributed by atoms with Gasteiger partial charge in [0.15, 0.2) is 5.76 Å². The lowest BCUT2D eigenvalue weighted by molar-refractivity contribution is 0.168. The molecule has 6 heteroatoms. The van der Waals surface area contributed by atoms with Gasteiger partial charge in [0.05, 0.1) is 12.0 Å². The summed E-state index contributed by atoms with van der Waals surface area (Å²) in [4.78, 5) is 11.9. The normalized spacial score (nSPS) is 11.8. The molecule has 118 valence electrons. The van der Waals surface area contributed by atoms with Gasteiger partial charge in [-0.2, -0.15) is 5.10 Å². The zero-order valence-electron chi connectivity index (χ0n) is 12.9. The highest BCUT2D eigenvalue weighted by molar-refractivity contribution is 6.19. The number of rotatable bonds is 3. The van der Waals surface area contributed by atoms with Gasteiger partial charge in [0.2, 0.25) is 0 Å². The van der Waals surface area contributed by atoms with E-state index in [9.17, 15) is 4.79 Å². The summed E-state index contributed by atoms with van der Waals surface area (Å²) in [5.41, 5.74) is 1.65. The predicted octanol–water partition coefficient (Wildman–Crippen LogP) is 3.84. The van der Waals surface area contributed by atoms with E-state index < -0.39 is 6.09 Å². The van der Waals surface area contributed by atoms with Crippen LogP contribution in [0, 0.1) is 0 Å². The number of anilines is 1. The summed E-state index contributed by atoms with van der Waals surface area (Å²) in [6, 6.07) is 11.7. The van der Waals surface area contributed by atoms with Gasteiger partial charge in [0, 0.05) is 0 Å². The van der Waals surface area contributed by atoms with E-state index in [2.05, 4.69) is 10.4 Å². The fraction of sp³-hybridized carbons (Fsp3) is 0.176. The van der Waals surface area contributed by atoms with Crippen LogP contribution in [0.2, 0.25) is 0 Å². The van der Waals surface area contributed by atoms with Crippen LogP contribution >= 0.6 is 0 Å². The molecule has 0 atom stereocenters. The molecule has 0 bridgehead atoms. The Morgan fingerprint density at radius 3 is 2.83 bits per heavy atom. The number of carbonyl (C=O) groups excluding carboxylic acids is 1. The number of amides is 1. The Labute approximate surface area is 132 Å². The summed E-state index contributed by atoms with van der Waals surface area (Å²) in [5.74, 6) is 5.80. The van der Waals surface area contributed by atoms with Gasteiger partial charge < -0.3 is 15.0 Å². The van der Waals surface area contributed by atoms with E-state index >= 15 is 0 Å². The summed E-state index contributed by atoms with van der Waals surface area (Å²) in [6.45, 7) is 3.74. The quantitative estimate of drug-likeness (QED) is 0.437. The highest BCUT2D eigenvalue weighted by atomic mass is 16.5. The molecule has 0 fully saturated rings. The van der Waals surface area contributed by atoms with Crippen LogP contribution in [0.3, 0.4) is 0 Å². The van der Waals surface area contributed by atoms with Crippen molar-refractivity contribution in [2.75, 3.05) is 11.9 Å². The Bertz CT molecular complexity index is 912. The average molecular weight is 311 g/mol. The molecular weight excluding hydrogens is 294 g/mol. The van der Waals surface area contributed by atoms with Crippen molar-refractivity contribution in [3.05, 3.63) is 42.2 Å². The Morgan fingerprint density at radius 2 is 2.09 bits per heavy atom.